The van der Waals surface area contributed by atoms with Gasteiger partial charge in [-0.15, -0.1) is 0 Å². The molecule has 2 heterocycles. The molecule has 0 spiro atoms. The van der Waals surface area contributed by atoms with Gasteiger partial charge in [-0.1, -0.05) is 6.07 Å². The summed E-state index contributed by atoms with van der Waals surface area (Å²) >= 11 is 0. The lowest BCUT2D eigenvalue weighted by Gasteiger charge is -2.22. The van der Waals surface area contributed by atoms with Crippen LogP contribution < -0.4 is 5.32 Å². The minimum atomic E-state index is -3.45. The maximum Gasteiger partial charge on any atom is 0.235 e. The van der Waals surface area contributed by atoms with Crippen molar-refractivity contribution in [3.8, 4) is 0 Å². The second-order valence-corrected chi connectivity index (χ2v) is 7.27. The van der Waals surface area contributed by atoms with Crippen LogP contribution in [0.15, 0.2) is 24.4 Å². The van der Waals surface area contributed by atoms with Crippen LogP contribution in [0.3, 0.4) is 0 Å². The van der Waals surface area contributed by atoms with Crippen LogP contribution in [-0.4, -0.2) is 55.7 Å². The number of ether oxygens (including phenoxy) is 1. The second kappa shape index (κ2) is 7.66. The molecule has 1 saturated heterocycles. The number of pyridine rings is 1. The maximum absolute atomic E-state index is 12.0. The molecule has 0 radical (unpaired) electrons. The Hall–Kier alpha value is -1.51. The molecule has 1 fully saturated rings. The molecular formula is C14H21N3O4S. The summed E-state index contributed by atoms with van der Waals surface area (Å²) in [4.78, 5) is 16.1. The number of nitrogens with one attached hydrogen (secondary N) is 1. The van der Waals surface area contributed by atoms with Gasteiger partial charge in [0, 0.05) is 19.3 Å². The van der Waals surface area contributed by atoms with E-state index in [1.165, 1.54) is 0 Å². The lowest BCUT2D eigenvalue weighted by atomic mass is 10.2. The average molecular weight is 327 g/mol. The largest absolute Gasteiger partial charge is 0.377 e. The van der Waals surface area contributed by atoms with Gasteiger partial charge < -0.3 is 10.1 Å². The monoisotopic (exact) mass is 327 g/mol. The molecule has 1 amide bonds. The van der Waals surface area contributed by atoms with Crippen molar-refractivity contribution in [2.75, 3.05) is 26.0 Å². The van der Waals surface area contributed by atoms with Gasteiger partial charge in [0.15, 0.2) is 0 Å². The van der Waals surface area contributed by atoms with E-state index in [0.717, 1.165) is 29.1 Å². The predicted molar refractivity (Wildman–Crippen MR) is 81.5 cm³/mol. The van der Waals surface area contributed by atoms with Crippen molar-refractivity contribution in [1.82, 2.24) is 14.6 Å². The summed E-state index contributed by atoms with van der Waals surface area (Å²) in [5, 5.41) is 2.68. The first-order chi connectivity index (χ1) is 10.4. The minimum absolute atomic E-state index is 0.127. The number of carbonyl (C=O) groups excluding carboxylic acids is 1. The number of hydrogen-bond donors (Lipinski definition) is 1. The molecule has 8 heteroatoms. The zero-order valence-electron chi connectivity index (χ0n) is 12.6. The Kier molecular flexibility index (Phi) is 5.87. The van der Waals surface area contributed by atoms with Gasteiger partial charge in [0.2, 0.25) is 15.9 Å². The van der Waals surface area contributed by atoms with E-state index >= 15 is 0 Å². The van der Waals surface area contributed by atoms with Crippen molar-refractivity contribution in [2.45, 2.75) is 25.5 Å². The highest BCUT2D eigenvalue weighted by atomic mass is 32.2. The van der Waals surface area contributed by atoms with E-state index in [2.05, 4.69) is 10.3 Å². The fraction of sp³-hybridized carbons (Fsp3) is 0.571. The number of carbonyl (C=O) groups is 1. The Morgan fingerprint density at radius 3 is 2.91 bits per heavy atom. The molecule has 22 heavy (non-hydrogen) atoms. The van der Waals surface area contributed by atoms with E-state index < -0.39 is 10.0 Å². The van der Waals surface area contributed by atoms with Gasteiger partial charge >= 0.3 is 0 Å². The molecule has 1 unspecified atom stereocenters. The molecule has 1 aromatic rings. The topological polar surface area (TPSA) is 88.6 Å². The Labute approximate surface area is 130 Å². The highest BCUT2D eigenvalue weighted by molar-refractivity contribution is 7.88. The average Bonchev–Trinajstić information content (AvgIpc) is 2.98. The summed E-state index contributed by atoms with van der Waals surface area (Å²) in [6.45, 7) is 0.937. The Balaban J connectivity index is 1.87. The first-order valence-electron chi connectivity index (χ1n) is 7.18. The number of hydrogen-bond acceptors (Lipinski definition) is 5. The molecule has 1 aromatic heterocycles. The van der Waals surface area contributed by atoms with Gasteiger partial charge in [-0.2, -0.15) is 4.31 Å². The molecule has 0 saturated carbocycles. The van der Waals surface area contributed by atoms with E-state index in [-0.39, 0.29) is 31.6 Å². The van der Waals surface area contributed by atoms with E-state index in [4.69, 9.17) is 4.74 Å². The summed E-state index contributed by atoms with van der Waals surface area (Å²) in [5.41, 5.74) is 0.723. The van der Waals surface area contributed by atoms with Crippen LogP contribution in [-0.2, 0) is 26.1 Å². The number of aromatic nitrogens is 1. The fourth-order valence-corrected chi connectivity index (χ4v) is 3.03. The SMILES string of the molecule is CS(=O)(=O)N(CC(=O)NCc1ccccn1)CC1CCCO1. The van der Waals surface area contributed by atoms with Crippen LogP contribution in [0, 0.1) is 0 Å². The zero-order valence-corrected chi connectivity index (χ0v) is 13.4. The van der Waals surface area contributed by atoms with Gasteiger partial charge in [-0.25, -0.2) is 8.42 Å². The Morgan fingerprint density at radius 2 is 2.32 bits per heavy atom. The first kappa shape index (κ1) is 16.9. The van der Waals surface area contributed by atoms with Crippen LogP contribution in [0.4, 0.5) is 0 Å². The summed E-state index contributed by atoms with van der Waals surface area (Å²) in [7, 11) is -3.45. The van der Waals surface area contributed by atoms with Gasteiger partial charge in [-0.3, -0.25) is 9.78 Å². The van der Waals surface area contributed by atoms with E-state index in [9.17, 15) is 13.2 Å². The molecule has 122 valence electrons. The number of sulfonamides is 1. The van der Waals surface area contributed by atoms with E-state index in [1.807, 2.05) is 6.07 Å². The molecule has 1 N–H and O–H groups in total. The number of rotatable bonds is 7. The normalized spacial score (nSPS) is 18.5. The van der Waals surface area contributed by atoms with Gasteiger partial charge in [0.1, 0.15) is 0 Å². The number of amides is 1. The predicted octanol–water partition coefficient (Wildman–Crippen LogP) is 0.138. The summed E-state index contributed by atoms with van der Waals surface area (Å²) < 4.78 is 30.2. The Bertz CT molecular complexity index is 585. The van der Waals surface area contributed by atoms with E-state index in [0.29, 0.717) is 6.61 Å². The number of nitrogens with zero attached hydrogens (tertiary/aromatic N) is 2. The molecule has 0 aromatic carbocycles. The lowest BCUT2D eigenvalue weighted by Crippen LogP contribution is -2.43. The van der Waals surface area contributed by atoms with Crippen molar-refractivity contribution in [3.05, 3.63) is 30.1 Å². The van der Waals surface area contributed by atoms with Gasteiger partial charge in [-0.05, 0) is 25.0 Å². The third kappa shape index (κ3) is 5.36. The van der Waals surface area contributed by atoms with Crippen LogP contribution in [0.2, 0.25) is 0 Å². The quantitative estimate of drug-likeness (QED) is 0.769. The van der Waals surface area contributed by atoms with Crippen molar-refractivity contribution >= 4 is 15.9 Å². The van der Waals surface area contributed by atoms with Crippen molar-refractivity contribution in [3.63, 3.8) is 0 Å². The summed E-state index contributed by atoms with van der Waals surface area (Å²) in [5.74, 6) is -0.353. The highest BCUT2D eigenvalue weighted by Gasteiger charge is 2.26. The van der Waals surface area contributed by atoms with Crippen LogP contribution >= 0.6 is 0 Å². The molecule has 1 atom stereocenters. The summed E-state index contributed by atoms with van der Waals surface area (Å²) in [6, 6.07) is 5.41. The van der Waals surface area contributed by atoms with Crippen molar-refractivity contribution in [2.24, 2.45) is 0 Å². The lowest BCUT2D eigenvalue weighted by molar-refractivity contribution is -0.121. The molecular weight excluding hydrogens is 306 g/mol. The van der Waals surface area contributed by atoms with Crippen molar-refractivity contribution in [1.29, 1.82) is 0 Å². The second-order valence-electron chi connectivity index (χ2n) is 5.29. The molecule has 2 rings (SSSR count). The third-order valence-electron chi connectivity index (χ3n) is 3.41. The first-order valence-corrected chi connectivity index (χ1v) is 9.03. The molecule has 0 bridgehead atoms. The van der Waals surface area contributed by atoms with Crippen LogP contribution in [0.1, 0.15) is 18.5 Å². The molecule has 7 nitrogen and oxygen atoms in total. The fourth-order valence-electron chi connectivity index (χ4n) is 2.24. The summed E-state index contributed by atoms with van der Waals surface area (Å²) in [6.07, 6.45) is 4.36. The van der Waals surface area contributed by atoms with E-state index in [1.54, 1.807) is 18.3 Å². The minimum Gasteiger partial charge on any atom is -0.377 e. The standard InChI is InChI=1S/C14H21N3O4S/c1-22(19,20)17(10-13-6-4-8-21-13)11-14(18)16-9-12-5-2-3-7-15-12/h2-3,5,7,13H,4,6,8-11H2,1H3,(H,16,18). The zero-order chi connectivity index (χ0) is 16.0. The molecule has 1 aliphatic heterocycles. The highest BCUT2D eigenvalue weighted by Crippen LogP contribution is 2.14. The van der Waals surface area contributed by atoms with Crippen LogP contribution in [0.25, 0.3) is 0 Å². The van der Waals surface area contributed by atoms with Gasteiger partial charge in [0.05, 0.1) is 31.1 Å². The molecule has 1 aliphatic rings. The Morgan fingerprint density at radius 1 is 1.50 bits per heavy atom. The molecule has 0 aliphatic carbocycles. The van der Waals surface area contributed by atoms with Gasteiger partial charge in [0.25, 0.3) is 0 Å². The maximum atomic E-state index is 12.0. The smallest absolute Gasteiger partial charge is 0.235 e. The van der Waals surface area contributed by atoms with Crippen molar-refractivity contribution < 1.29 is 17.9 Å². The van der Waals surface area contributed by atoms with Crippen LogP contribution in [0.5, 0.6) is 0 Å². The third-order valence-corrected chi connectivity index (χ3v) is 4.63.